The minimum atomic E-state index is -0.0116. The summed E-state index contributed by atoms with van der Waals surface area (Å²) in [7, 11) is 0. The van der Waals surface area contributed by atoms with Crippen LogP contribution in [0.15, 0.2) is 24.5 Å². The van der Waals surface area contributed by atoms with Crippen molar-refractivity contribution in [2.75, 3.05) is 18.5 Å². The number of anilines is 1. The Bertz CT molecular complexity index is 701. The van der Waals surface area contributed by atoms with Crippen molar-refractivity contribution in [2.24, 2.45) is 0 Å². The molecular weight excluding hydrogens is 270 g/mol. The summed E-state index contributed by atoms with van der Waals surface area (Å²) in [6.07, 6.45) is 1.42. The van der Waals surface area contributed by atoms with E-state index in [9.17, 15) is 4.79 Å². The minimum absolute atomic E-state index is 0.0116. The molecule has 1 aliphatic rings. The number of ether oxygens (including phenoxy) is 2. The highest BCUT2D eigenvalue weighted by molar-refractivity contribution is 5.94. The highest BCUT2D eigenvalue weighted by Crippen LogP contribution is 2.36. The summed E-state index contributed by atoms with van der Waals surface area (Å²) in [5.41, 5.74) is 1.51. The minimum Gasteiger partial charge on any atom is -0.483 e. The molecule has 0 fully saturated rings. The number of rotatable bonds is 3. The van der Waals surface area contributed by atoms with Crippen LogP contribution in [0.1, 0.15) is 22.8 Å². The number of Topliss-reactive ketones (excluding diaryl/α,β-unsaturated/α-hetero) is 1. The van der Waals surface area contributed by atoms with Gasteiger partial charge in [0.25, 0.3) is 5.88 Å². The van der Waals surface area contributed by atoms with Gasteiger partial charge in [0, 0.05) is 5.56 Å². The summed E-state index contributed by atoms with van der Waals surface area (Å²) in [6.45, 7) is 4.66. The monoisotopic (exact) mass is 285 g/mol. The topological polar surface area (TPSA) is 73.3 Å². The second-order valence-corrected chi connectivity index (χ2v) is 4.77. The van der Waals surface area contributed by atoms with Crippen LogP contribution in [0.4, 0.5) is 5.82 Å². The van der Waals surface area contributed by atoms with Gasteiger partial charge in [0.15, 0.2) is 11.6 Å². The smallest absolute Gasteiger partial charge is 0.268 e. The van der Waals surface area contributed by atoms with Crippen molar-refractivity contribution in [1.29, 1.82) is 0 Å². The van der Waals surface area contributed by atoms with Gasteiger partial charge in [0.1, 0.15) is 18.7 Å². The fraction of sp³-hybridized carbons (Fsp3) is 0.267. The van der Waals surface area contributed by atoms with Crippen LogP contribution in [0.25, 0.3) is 0 Å². The predicted octanol–water partition coefficient (Wildman–Crippen LogP) is 2.58. The molecule has 2 aromatic rings. The summed E-state index contributed by atoms with van der Waals surface area (Å²) in [4.78, 5) is 19.7. The average Bonchev–Trinajstić information content (AvgIpc) is 2.49. The maximum absolute atomic E-state index is 11.5. The summed E-state index contributed by atoms with van der Waals surface area (Å²) in [6, 6.07) is 5.33. The maximum atomic E-state index is 11.5. The number of hydrogen-bond acceptors (Lipinski definition) is 6. The number of carbonyl (C=O) groups is 1. The molecule has 108 valence electrons. The molecule has 0 saturated heterocycles. The van der Waals surface area contributed by atoms with Gasteiger partial charge >= 0.3 is 0 Å². The highest BCUT2D eigenvalue weighted by Gasteiger charge is 2.19. The number of aryl methyl sites for hydroxylation is 1. The van der Waals surface area contributed by atoms with E-state index in [0.717, 1.165) is 5.56 Å². The first kappa shape index (κ1) is 13.4. The third-order valence-electron chi connectivity index (χ3n) is 3.21. The molecule has 0 saturated carbocycles. The molecule has 0 atom stereocenters. The number of benzene rings is 1. The van der Waals surface area contributed by atoms with Crippen LogP contribution < -0.4 is 14.8 Å². The normalized spacial score (nSPS) is 12.9. The summed E-state index contributed by atoms with van der Waals surface area (Å²) >= 11 is 0. The van der Waals surface area contributed by atoms with Crippen LogP contribution in [0, 0.1) is 6.92 Å². The molecule has 1 aliphatic heterocycles. The Balaban J connectivity index is 1.97. The Labute approximate surface area is 122 Å². The quantitative estimate of drug-likeness (QED) is 0.874. The van der Waals surface area contributed by atoms with Gasteiger partial charge in [-0.25, -0.2) is 4.98 Å². The Hall–Kier alpha value is -2.63. The van der Waals surface area contributed by atoms with E-state index in [4.69, 9.17) is 9.47 Å². The molecule has 1 aromatic carbocycles. The third-order valence-corrected chi connectivity index (χ3v) is 3.21. The number of fused-ring (bicyclic) bond motifs is 1. The molecule has 0 bridgehead atoms. The number of ketones is 1. The van der Waals surface area contributed by atoms with Crippen molar-refractivity contribution in [3.05, 3.63) is 35.7 Å². The van der Waals surface area contributed by atoms with E-state index in [2.05, 4.69) is 15.3 Å². The van der Waals surface area contributed by atoms with Crippen LogP contribution in [-0.4, -0.2) is 28.9 Å². The second kappa shape index (κ2) is 5.40. The van der Waals surface area contributed by atoms with E-state index in [1.165, 1.54) is 13.3 Å². The molecule has 2 heterocycles. The van der Waals surface area contributed by atoms with E-state index in [0.29, 0.717) is 41.9 Å². The third kappa shape index (κ3) is 2.65. The van der Waals surface area contributed by atoms with Crippen molar-refractivity contribution < 1.29 is 14.3 Å². The molecule has 6 heteroatoms. The molecule has 3 rings (SSSR count). The summed E-state index contributed by atoms with van der Waals surface area (Å²) in [5, 5.41) is 3.12. The molecule has 0 aliphatic carbocycles. The molecule has 0 amide bonds. The number of nitrogens with one attached hydrogen (secondary N) is 1. The van der Waals surface area contributed by atoms with Gasteiger partial charge in [-0.3, -0.25) is 4.79 Å². The van der Waals surface area contributed by atoms with Crippen LogP contribution in [0.2, 0.25) is 0 Å². The fourth-order valence-corrected chi connectivity index (χ4v) is 2.04. The molecular formula is C15H15N3O3. The first-order valence-electron chi connectivity index (χ1n) is 6.66. The van der Waals surface area contributed by atoms with Gasteiger partial charge < -0.3 is 14.8 Å². The van der Waals surface area contributed by atoms with Crippen LogP contribution in [0.3, 0.4) is 0 Å². The first-order chi connectivity index (χ1) is 10.1. The number of carbonyl (C=O) groups excluding carboxylic acids is 1. The van der Waals surface area contributed by atoms with Crippen LogP contribution in [0.5, 0.6) is 17.4 Å². The Morgan fingerprint density at radius 3 is 3.05 bits per heavy atom. The van der Waals surface area contributed by atoms with Crippen molar-refractivity contribution in [1.82, 2.24) is 9.97 Å². The molecule has 6 nitrogen and oxygen atoms in total. The molecule has 1 aromatic heterocycles. The van der Waals surface area contributed by atoms with Crippen molar-refractivity contribution in [3.63, 3.8) is 0 Å². The highest BCUT2D eigenvalue weighted by atomic mass is 16.5. The molecule has 0 radical (unpaired) electrons. The maximum Gasteiger partial charge on any atom is 0.268 e. The van der Waals surface area contributed by atoms with Gasteiger partial charge in [0.05, 0.1) is 6.54 Å². The molecule has 1 N–H and O–H groups in total. The lowest BCUT2D eigenvalue weighted by Crippen LogP contribution is -2.19. The fourth-order valence-electron chi connectivity index (χ4n) is 2.04. The Morgan fingerprint density at radius 2 is 2.24 bits per heavy atom. The van der Waals surface area contributed by atoms with Crippen LogP contribution in [-0.2, 0) is 0 Å². The lowest BCUT2D eigenvalue weighted by molar-refractivity contribution is 0.101. The zero-order valence-electron chi connectivity index (χ0n) is 11.8. The van der Waals surface area contributed by atoms with Crippen LogP contribution >= 0.6 is 0 Å². The summed E-state index contributed by atoms with van der Waals surface area (Å²) in [5.74, 6) is 2.03. The van der Waals surface area contributed by atoms with E-state index in [1.54, 1.807) is 12.1 Å². The van der Waals surface area contributed by atoms with Crippen molar-refractivity contribution in [3.8, 4) is 17.4 Å². The lowest BCUT2D eigenvalue weighted by Gasteiger charge is -2.20. The average molecular weight is 285 g/mol. The van der Waals surface area contributed by atoms with E-state index in [1.807, 2.05) is 13.0 Å². The number of hydrogen-bond donors (Lipinski definition) is 1. The zero-order valence-corrected chi connectivity index (χ0v) is 11.8. The second-order valence-electron chi connectivity index (χ2n) is 4.77. The number of nitrogens with zero attached hydrogens (tertiary/aromatic N) is 2. The Kier molecular flexibility index (Phi) is 3.43. The van der Waals surface area contributed by atoms with Gasteiger partial charge in [-0.05, 0) is 25.5 Å². The van der Waals surface area contributed by atoms with E-state index < -0.39 is 0 Å². The molecule has 21 heavy (non-hydrogen) atoms. The molecule has 0 unspecified atom stereocenters. The zero-order chi connectivity index (χ0) is 14.8. The van der Waals surface area contributed by atoms with E-state index >= 15 is 0 Å². The van der Waals surface area contributed by atoms with Crippen molar-refractivity contribution in [2.45, 2.75) is 13.8 Å². The number of aromatic nitrogens is 2. The molecule has 0 spiro atoms. The summed E-state index contributed by atoms with van der Waals surface area (Å²) < 4.78 is 11.4. The van der Waals surface area contributed by atoms with E-state index in [-0.39, 0.29) is 5.78 Å². The van der Waals surface area contributed by atoms with Crippen molar-refractivity contribution >= 4 is 11.6 Å². The van der Waals surface area contributed by atoms with Gasteiger partial charge in [-0.2, -0.15) is 4.98 Å². The standard InChI is InChI=1S/C15H15N3O3/c1-9-3-4-11(10(2)19)7-12(9)21-15-13-14(17-8-18-15)16-5-6-20-13/h3-4,7-8H,5-6H2,1-2H3,(H,16,17,18). The predicted molar refractivity (Wildman–Crippen MR) is 77.3 cm³/mol. The Morgan fingerprint density at radius 1 is 1.38 bits per heavy atom. The first-order valence-corrected chi connectivity index (χ1v) is 6.66. The lowest BCUT2D eigenvalue weighted by atomic mass is 10.1. The largest absolute Gasteiger partial charge is 0.483 e. The van der Waals surface area contributed by atoms with Gasteiger partial charge in [0.2, 0.25) is 5.75 Å². The van der Waals surface area contributed by atoms with Gasteiger partial charge in [-0.1, -0.05) is 12.1 Å². The SMILES string of the molecule is CC(=O)c1ccc(C)c(Oc2ncnc3c2OCCN3)c1. The van der Waals surface area contributed by atoms with Gasteiger partial charge in [-0.15, -0.1) is 0 Å².